The molecule has 3 heterocycles. The molecule has 0 aliphatic carbocycles. The number of fused-ring (bicyclic) bond motifs is 1. The number of nitrogens with one attached hydrogen (secondary N) is 1. The molecule has 1 fully saturated rings. The largest absolute Gasteiger partial charge is 0.334 e. The van der Waals surface area contributed by atoms with Crippen molar-refractivity contribution in [2.45, 2.75) is 39.3 Å². The number of rotatable bonds is 3. The van der Waals surface area contributed by atoms with E-state index in [0.29, 0.717) is 18.0 Å². The summed E-state index contributed by atoms with van der Waals surface area (Å²) >= 11 is 0. The van der Waals surface area contributed by atoms with E-state index in [4.69, 9.17) is 0 Å². The second-order valence-electron chi connectivity index (χ2n) is 6.70. The number of carbonyl (C=O) groups excluding carboxylic acids is 1. The molecule has 0 radical (unpaired) electrons. The minimum Gasteiger partial charge on any atom is -0.334 e. The lowest BCUT2D eigenvalue weighted by atomic mass is 10.1. The van der Waals surface area contributed by atoms with Gasteiger partial charge in [-0.25, -0.2) is 9.67 Å². The lowest BCUT2D eigenvalue weighted by molar-refractivity contribution is 0.0721. The Hall–Kier alpha value is -3.03. The van der Waals surface area contributed by atoms with Crippen molar-refractivity contribution in [2.75, 3.05) is 6.54 Å². The number of amides is 1. The zero-order valence-corrected chi connectivity index (χ0v) is 14.8. The second-order valence-corrected chi connectivity index (χ2v) is 6.70. The van der Waals surface area contributed by atoms with Gasteiger partial charge in [-0.05, 0) is 38.3 Å². The van der Waals surface area contributed by atoms with Gasteiger partial charge < -0.3 is 9.88 Å². The predicted molar refractivity (Wildman–Crippen MR) is 95.9 cm³/mol. The highest BCUT2D eigenvalue weighted by molar-refractivity contribution is 5.96. The first kappa shape index (κ1) is 16.4. The first-order valence-electron chi connectivity index (χ1n) is 8.71. The fourth-order valence-electron chi connectivity index (χ4n) is 3.56. The smallest absolute Gasteiger partial charge is 0.281 e. The van der Waals surface area contributed by atoms with E-state index in [-0.39, 0.29) is 23.0 Å². The molecule has 1 N–H and O–H groups in total. The summed E-state index contributed by atoms with van der Waals surface area (Å²) in [4.78, 5) is 33.8. The van der Waals surface area contributed by atoms with Gasteiger partial charge >= 0.3 is 0 Å². The molecule has 8 nitrogen and oxygen atoms in total. The van der Waals surface area contributed by atoms with Crippen LogP contribution in [0, 0.1) is 13.8 Å². The number of aromatic nitrogens is 5. The second kappa shape index (κ2) is 6.36. The molecule has 134 valence electrons. The molecule has 26 heavy (non-hydrogen) atoms. The third kappa shape index (κ3) is 2.77. The molecule has 0 bridgehead atoms. The minimum absolute atomic E-state index is 0.00778. The van der Waals surface area contributed by atoms with Gasteiger partial charge in [0.1, 0.15) is 5.82 Å². The Kier molecular flexibility index (Phi) is 4.02. The summed E-state index contributed by atoms with van der Waals surface area (Å²) in [6, 6.07) is 7.63. The molecule has 1 aliphatic heterocycles. The van der Waals surface area contributed by atoms with Crippen molar-refractivity contribution < 1.29 is 4.79 Å². The number of hydrogen-bond donors (Lipinski definition) is 1. The van der Waals surface area contributed by atoms with Crippen molar-refractivity contribution in [1.29, 1.82) is 0 Å². The summed E-state index contributed by atoms with van der Waals surface area (Å²) in [7, 11) is 0. The van der Waals surface area contributed by atoms with E-state index in [9.17, 15) is 9.59 Å². The molecule has 4 rings (SSSR count). The Morgan fingerprint density at radius 3 is 2.92 bits per heavy atom. The van der Waals surface area contributed by atoms with Gasteiger partial charge in [-0.3, -0.25) is 9.59 Å². The lowest BCUT2D eigenvalue weighted by Gasteiger charge is -2.25. The van der Waals surface area contributed by atoms with Crippen LogP contribution in [0.4, 0.5) is 0 Å². The Morgan fingerprint density at radius 2 is 2.12 bits per heavy atom. The highest BCUT2D eigenvalue weighted by atomic mass is 16.2. The van der Waals surface area contributed by atoms with Crippen molar-refractivity contribution in [3.63, 3.8) is 0 Å². The molecule has 1 amide bonds. The summed E-state index contributed by atoms with van der Waals surface area (Å²) in [5.41, 5.74) is 2.09. The van der Waals surface area contributed by atoms with Gasteiger partial charge in [-0.15, -0.1) is 5.10 Å². The third-order valence-electron chi connectivity index (χ3n) is 4.89. The van der Waals surface area contributed by atoms with Gasteiger partial charge in [0, 0.05) is 12.1 Å². The molecule has 1 aliphatic rings. The van der Waals surface area contributed by atoms with Gasteiger partial charge in [-0.1, -0.05) is 23.4 Å². The molecule has 3 aromatic rings. The Bertz CT molecular complexity index is 1040. The average Bonchev–Trinajstić information content (AvgIpc) is 3.23. The normalized spacial score (nSPS) is 17.2. The lowest BCUT2D eigenvalue weighted by Crippen LogP contribution is -2.38. The number of benzene rings is 1. The molecule has 2 aromatic heterocycles. The molecule has 0 unspecified atom stereocenters. The molecule has 0 spiro atoms. The van der Waals surface area contributed by atoms with Gasteiger partial charge in [0.15, 0.2) is 11.2 Å². The fraction of sp³-hybridized carbons (Fsp3) is 0.389. The van der Waals surface area contributed by atoms with Crippen LogP contribution >= 0.6 is 0 Å². The molecule has 1 saturated heterocycles. The van der Waals surface area contributed by atoms with Crippen molar-refractivity contribution in [3.05, 3.63) is 51.6 Å². The van der Waals surface area contributed by atoms with E-state index in [0.717, 1.165) is 30.5 Å². The van der Waals surface area contributed by atoms with Crippen LogP contribution in [0.5, 0.6) is 0 Å². The van der Waals surface area contributed by atoms with Crippen molar-refractivity contribution >= 4 is 17.1 Å². The average molecular weight is 352 g/mol. The minimum atomic E-state index is -0.294. The summed E-state index contributed by atoms with van der Waals surface area (Å²) in [5.74, 6) is 0.558. The van der Waals surface area contributed by atoms with Gasteiger partial charge in [0.25, 0.3) is 11.5 Å². The summed E-state index contributed by atoms with van der Waals surface area (Å²) in [5, 5.41) is 8.04. The molecule has 8 heteroatoms. The third-order valence-corrected chi connectivity index (χ3v) is 4.89. The van der Waals surface area contributed by atoms with Crippen LogP contribution in [-0.2, 0) is 6.54 Å². The standard InChI is InChI=1S/C18H20N6O2/c1-11-6-3-4-8-14(11)18(26)23-9-5-7-13(23)10-24-16-15(21-22-24)17(25)20-12(2)19-16/h3-4,6,8,13H,5,7,9-10H2,1-2H3,(H,19,20,25)/t13-/m1/s1. The number of aromatic amines is 1. The fourth-order valence-corrected chi connectivity index (χ4v) is 3.56. The quantitative estimate of drug-likeness (QED) is 0.769. The van der Waals surface area contributed by atoms with E-state index in [1.165, 1.54) is 0 Å². The zero-order chi connectivity index (χ0) is 18.3. The summed E-state index contributed by atoms with van der Waals surface area (Å²) in [6.45, 7) is 4.87. The van der Waals surface area contributed by atoms with Crippen LogP contribution in [0.25, 0.3) is 11.2 Å². The van der Waals surface area contributed by atoms with E-state index < -0.39 is 0 Å². The SMILES string of the molecule is Cc1nc2c(nnn2C[C@H]2CCCN2C(=O)c2ccccc2C)c(=O)[nH]1. The van der Waals surface area contributed by atoms with Crippen molar-refractivity contribution in [3.8, 4) is 0 Å². The highest BCUT2D eigenvalue weighted by Crippen LogP contribution is 2.23. The number of H-pyrrole nitrogens is 1. The zero-order valence-electron chi connectivity index (χ0n) is 14.8. The predicted octanol–water partition coefficient (Wildman–Crippen LogP) is 1.44. The topological polar surface area (TPSA) is 96.8 Å². The first-order valence-corrected chi connectivity index (χ1v) is 8.71. The van der Waals surface area contributed by atoms with Crippen LogP contribution in [-0.4, -0.2) is 48.4 Å². The molecular formula is C18H20N6O2. The summed E-state index contributed by atoms with van der Waals surface area (Å²) in [6.07, 6.45) is 1.84. The molecular weight excluding hydrogens is 332 g/mol. The summed E-state index contributed by atoms with van der Waals surface area (Å²) < 4.78 is 1.63. The number of aryl methyl sites for hydroxylation is 2. The molecule has 0 saturated carbocycles. The maximum atomic E-state index is 13.0. The van der Waals surface area contributed by atoms with Crippen molar-refractivity contribution in [1.82, 2.24) is 29.9 Å². The molecule has 1 aromatic carbocycles. The van der Waals surface area contributed by atoms with Crippen LogP contribution in [0.2, 0.25) is 0 Å². The van der Waals surface area contributed by atoms with Gasteiger partial charge in [0.05, 0.1) is 12.6 Å². The van der Waals surface area contributed by atoms with E-state index in [1.807, 2.05) is 36.1 Å². The van der Waals surface area contributed by atoms with Crippen LogP contribution in [0.1, 0.15) is 34.6 Å². The van der Waals surface area contributed by atoms with Gasteiger partial charge in [0.2, 0.25) is 0 Å². The monoisotopic (exact) mass is 352 g/mol. The first-order chi connectivity index (χ1) is 12.5. The highest BCUT2D eigenvalue weighted by Gasteiger charge is 2.31. The number of hydrogen-bond acceptors (Lipinski definition) is 5. The van der Waals surface area contributed by atoms with Crippen LogP contribution in [0.3, 0.4) is 0 Å². The molecule has 1 atom stereocenters. The maximum Gasteiger partial charge on any atom is 0.281 e. The van der Waals surface area contributed by atoms with E-state index >= 15 is 0 Å². The Morgan fingerprint density at radius 1 is 1.31 bits per heavy atom. The van der Waals surface area contributed by atoms with Crippen LogP contribution < -0.4 is 5.56 Å². The van der Waals surface area contributed by atoms with Gasteiger partial charge in [-0.2, -0.15) is 0 Å². The Balaban J connectivity index is 1.63. The Labute approximate surface area is 149 Å². The van der Waals surface area contributed by atoms with Crippen molar-refractivity contribution in [2.24, 2.45) is 0 Å². The number of nitrogens with zero attached hydrogens (tertiary/aromatic N) is 5. The maximum absolute atomic E-state index is 13.0. The number of likely N-dealkylation sites (tertiary alicyclic amines) is 1. The van der Waals surface area contributed by atoms with Crippen LogP contribution in [0.15, 0.2) is 29.1 Å². The van der Waals surface area contributed by atoms with E-state index in [2.05, 4.69) is 20.3 Å². The van der Waals surface area contributed by atoms with E-state index in [1.54, 1.807) is 11.6 Å². The number of carbonyl (C=O) groups is 1.